The predicted octanol–water partition coefficient (Wildman–Crippen LogP) is 0.631. The fourth-order valence-electron chi connectivity index (χ4n) is 1.89. The molecule has 2 heterocycles. The summed E-state index contributed by atoms with van der Waals surface area (Å²) in [6, 6.07) is 1.44. The highest BCUT2D eigenvalue weighted by Gasteiger charge is 2.32. The van der Waals surface area contributed by atoms with Crippen molar-refractivity contribution in [1.29, 1.82) is 0 Å². The van der Waals surface area contributed by atoms with Crippen LogP contribution in [0.5, 0.6) is 0 Å². The fourth-order valence-corrected chi connectivity index (χ4v) is 1.89. The Balaban J connectivity index is 2.30. The molecule has 0 radical (unpaired) electrons. The molecule has 0 aliphatic carbocycles. The molecular formula is C12H15N3O2. The van der Waals surface area contributed by atoms with Crippen molar-refractivity contribution < 1.29 is 9.59 Å². The van der Waals surface area contributed by atoms with Crippen LogP contribution >= 0.6 is 0 Å². The van der Waals surface area contributed by atoms with Crippen LogP contribution in [-0.2, 0) is 9.59 Å². The van der Waals surface area contributed by atoms with Gasteiger partial charge in [0.1, 0.15) is 12.6 Å². The van der Waals surface area contributed by atoms with Crippen molar-refractivity contribution in [2.24, 2.45) is 0 Å². The first-order chi connectivity index (χ1) is 8.11. The summed E-state index contributed by atoms with van der Waals surface area (Å²) < 4.78 is 0. The number of hydrogen-bond acceptors (Lipinski definition) is 3. The minimum Gasteiger partial charge on any atom is -0.343 e. The van der Waals surface area contributed by atoms with Crippen molar-refractivity contribution in [2.45, 2.75) is 26.3 Å². The van der Waals surface area contributed by atoms with Crippen molar-refractivity contribution in [2.75, 3.05) is 11.4 Å². The molecule has 2 rings (SSSR count). The summed E-state index contributed by atoms with van der Waals surface area (Å²) in [5.74, 6) is -0.197. The third-order valence-electron chi connectivity index (χ3n) is 2.78. The van der Waals surface area contributed by atoms with Gasteiger partial charge in [-0.25, -0.2) is 0 Å². The number of carbonyl (C=O) groups excluding carboxylic acids is 2. The summed E-state index contributed by atoms with van der Waals surface area (Å²) in [5, 5.41) is 2.68. The highest BCUT2D eigenvalue weighted by molar-refractivity contribution is 6.06. The van der Waals surface area contributed by atoms with Crippen LogP contribution in [0.1, 0.15) is 18.9 Å². The Morgan fingerprint density at radius 3 is 2.88 bits per heavy atom. The lowest BCUT2D eigenvalue weighted by Gasteiger charge is -2.31. The summed E-state index contributed by atoms with van der Waals surface area (Å²) in [6.45, 7) is 3.85. The monoisotopic (exact) mass is 233 g/mol. The lowest BCUT2D eigenvalue weighted by molar-refractivity contribution is -0.131. The Morgan fingerprint density at radius 1 is 1.47 bits per heavy atom. The molecule has 1 aliphatic heterocycles. The average Bonchev–Trinajstić information content (AvgIpc) is 2.31. The number of anilines is 1. The number of hydrogen-bond donors (Lipinski definition) is 1. The molecule has 1 atom stereocenters. The number of nitrogens with one attached hydrogen (secondary N) is 1. The van der Waals surface area contributed by atoms with Gasteiger partial charge in [-0.05, 0) is 25.0 Å². The average molecular weight is 233 g/mol. The van der Waals surface area contributed by atoms with Crippen molar-refractivity contribution in [3.8, 4) is 0 Å². The van der Waals surface area contributed by atoms with Gasteiger partial charge in [0.05, 0.1) is 11.9 Å². The van der Waals surface area contributed by atoms with Crippen LogP contribution in [0.15, 0.2) is 18.5 Å². The Bertz CT molecular complexity index is 459. The highest BCUT2D eigenvalue weighted by atomic mass is 16.2. The molecule has 1 aromatic heterocycles. The van der Waals surface area contributed by atoms with Crippen LogP contribution < -0.4 is 10.2 Å². The molecule has 90 valence electrons. The molecule has 0 saturated carbocycles. The summed E-state index contributed by atoms with van der Waals surface area (Å²) >= 11 is 0. The van der Waals surface area contributed by atoms with Crippen LogP contribution in [0, 0.1) is 6.92 Å². The van der Waals surface area contributed by atoms with Crippen molar-refractivity contribution >= 4 is 17.5 Å². The summed E-state index contributed by atoms with van der Waals surface area (Å²) in [5.41, 5.74) is 1.65. The maximum Gasteiger partial charge on any atom is 0.250 e. The first kappa shape index (κ1) is 11.6. The summed E-state index contributed by atoms with van der Waals surface area (Å²) in [7, 11) is 0. The zero-order chi connectivity index (χ0) is 12.4. The molecular weight excluding hydrogens is 218 g/mol. The first-order valence-corrected chi connectivity index (χ1v) is 5.64. The zero-order valence-corrected chi connectivity index (χ0v) is 9.93. The van der Waals surface area contributed by atoms with E-state index >= 15 is 0 Å². The molecule has 0 aromatic carbocycles. The van der Waals surface area contributed by atoms with Crippen LogP contribution in [-0.4, -0.2) is 29.4 Å². The maximum absolute atomic E-state index is 12.1. The predicted molar refractivity (Wildman–Crippen MR) is 63.5 cm³/mol. The second kappa shape index (κ2) is 4.53. The maximum atomic E-state index is 12.1. The highest BCUT2D eigenvalue weighted by Crippen LogP contribution is 2.18. The van der Waals surface area contributed by atoms with E-state index in [9.17, 15) is 9.59 Å². The van der Waals surface area contributed by atoms with E-state index in [-0.39, 0.29) is 18.4 Å². The molecule has 5 heteroatoms. The van der Waals surface area contributed by atoms with E-state index in [0.29, 0.717) is 12.1 Å². The van der Waals surface area contributed by atoms with Gasteiger partial charge in [-0.2, -0.15) is 0 Å². The van der Waals surface area contributed by atoms with E-state index in [2.05, 4.69) is 10.3 Å². The molecule has 1 aromatic rings. The van der Waals surface area contributed by atoms with E-state index in [4.69, 9.17) is 0 Å². The molecule has 1 fully saturated rings. The number of nitrogens with zero attached hydrogens (tertiary/aromatic N) is 2. The van der Waals surface area contributed by atoms with Crippen LogP contribution in [0.2, 0.25) is 0 Å². The van der Waals surface area contributed by atoms with E-state index in [1.54, 1.807) is 12.4 Å². The Labute approximate surface area is 99.8 Å². The van der Waals surface area contributed by atoms with Gasteiger partial charge >= 0.3 is 0 Å². The topological polar surface area (TPSA) is 62.3 Å². The van der Waals surface area contributed by atoms with Gasteiger partial charge in [-0.15, -0.1) is 0 Å². The number of rotatable bonds is 2. The molecule has 1 N–H and O–H groups in total. The zero-order valence-electron chi connectivity index (χ0n) is 9.93. The Kier molecular flexibility index (Phi) is 3.08. The Hall–Kier alpha value is -1.91. The SMILES string of the molecule is CCC1NC(=O)CN(c2cncc(C)c2)C1=O. The minimum absolute atomic E-state index is 0.0699. The second-order valence-corrected chi connectivity index (χ2v) is 4.17. The van der Waals surface area contributed by atoms with E-state index in [1.165, 1.54) is 4.90 Å². The number of pyridine rings is 1. The molecule has 5 nitrogen and oxygen atoms in total. The van der Waals surface area contributed by atoms with Gasteiger partial charge in [0.2, 0.25) is 11.8 Å². The molecule has 1 saturated heterocycles. The second-order valence-electron chi connectivity index (χ2n) is 4.17. The number of piperazine rings is 1. The standard InChI is InChI=1S/C12H15N3O2/c1-3-10-12(17)15(7-11(16)14-10)9-4-8(2)5-13-6-9/h4-6,10H,3,7H2,1-2H3,(H,14,16). The van der Waals surface area contributed by atoms with Gasteiger partial charge in [-0.1, -0.05) is 6.92 Å². The number of carbonyl (C=O) groups is 2. The molecule has 17 heavy (non-hydrogen) atoms. The van der Waals surface area contributed by atoms with E-state index in [1.807, 2.05) is 19.9 Å². The van der Waals surface area contributed by atoms with Crippen molar-refractivity contribution in [3.63, 3.8) is 0 Å². The van der Waals surface area contributed by atoms with Gasteiger partial charge < -0.3 is 5.32 Å². The van der Waals surface area contributed by atoms with Gasteiger partial charge in [0, 0.05) is 6.20 Å². The lowest BCUT2D eigenvalue weighted by Crippen LogP contribution is -2.58. The summed E-state index contributed by atoms with van der Waals surface area (Å²) in [6.07, 6.45) is 3.92. The lowest BCUT2D eigenvalue weighted by atomic mass is 10.1. The van der Waals surface area contributed by atoms with Crippen LogP contribution in [0.4, 0.5) is 5.69 Å². The summed E-state index contributed by atoms with van der Waals surface area (Å²) in [4.78, 5) is 29.2. The van der Waals surface area contributed by atoms with Crippen LogP contribution in [0.3, 0.4) is 0 Å². The third kappa shape index (κ3) is 2.27. The molecule has 1 unspecified atom stereocenters. The Morgan fingerprint density at radius 2 is 2.24 bits per heavy atom. The van der Waals surface area contributed by atoms with Crippen molar-refractivity contribution in [1.82, 2.24) is 10.3 Å². The fraction of sp³-hybridized carbons (Fsp3) is 0.417. The minimum atomic E-state index is -0.420. The first-order valence-electron chi connectivity index (χ1n) is 5.64. The van der Waals surface area contributed by atoms with E-state index < -0.39 is 6.04 Å². The molecule has 2 amide bonds. The van der Waals surface area contributed by atoms with Gasteiger partial charge in [0.25, 0.3) is 0 Å². The van der Waals surface area contributed by atoms with Crippen molar-refractivity contribution in [3.05, 3.63) is 24.0 Å². The molecule has 0 bridgehead atoms. The quantitative estimate of drug-likeness (QED) is 0.815. The molecule has 0 spiro atoms. The third-order valence-corrected chi connectivity index (χ3v) is 2.78. The number of aromatic nitrogens is 1. The van der Waals surface area contributed by atoms with Crippen LogP contribution in [0.25, 0.3) is 0 Å². The van der Waals surface area contributed by atoms with Gasteiger partial charge in [-0.3, -0.25) is 19.5 Å². The number of amides is 2. The smallest absolute Gasteiger partial charge is 0.250 e. The normalized spacial score (nSPS) is 20.4. The largest absolute Gasteiger partial charge is 0.343 e. The molecule has 1 aliphatic rings. The van der Waals surface area contributed by atoms with Gasteiger partial charge in [0.15, 0.2) is 0 Å². The number of aryl methyl sites for hydroxylation is 1. The van der Waals surface area contributed by atoms with E-state index in [0.717, 1.165) is 5.56 Å².